The van der Waals surface area contributed by atoms with Crippen LogP contribution in [0.2, 0.25) is 0 Å². The van der Waals surface area contributed by atoms with Crippen molar-refractivity contribution in [3.05, 3.63) is 29.8 Å². The van der Waals surface area contributed by atoms with Crippen LogP contribution in [0.5, 0.6) is 0 Å². The lowest BCUT2D eigenvalue weighted by Crippen LogP contribution is -1.90. The molecule has 0 aliphatic heterocycles. The lowest BCUT2D eigenvalue weighted by molar-refractivity contribution is 0.957. The molecule has 3 rings (SSSR count). The second kappa shape index (κ2) is 3.87. The van der Waals surface area contributed by atoms with Crippen molar-refractivity contribution in [2.24, 2.45) is 0 Å². The van der Waals surface area contributed by atoms with Crippen LogP contribution in [0.1, 0.15) is 30.0 Å². The molecule has 82 valence electrons. The lowest BCUT2D eigenvalue weighted by Gasteiger charge is -1.99. The molecular formula is C11H11ClN4. The van der Waals surface area contributed by atoms with Crippen LogP contribution in [0.25, 0.3) is 11.4 Å². The first-order valence-corrected chi connectivity index (χ1v) is 5.83. The molecule has 0 atom stereocenters. The zero-order chi connectivity index (χ0) is 11.0. The Bertz CT molecular complexity index is 490. The van der Waals surface area contributed by atoms with E-state index in [1.165, 1.54) is 18.5 Å². The highest BCUT2D eigenvalue weighted by Crippen LogP contribution is 2.42. The Labute approximate surface area is 98.1 Å². The van der Waals surface area contributed by atoms with Gasteiger partial charge in [-0.1, -0.05) is 0 Å². The van der Waals surface area contributed by atoms with Crippen molar-refractivity contribution >= 4 is 11.6 Å². The normalized spacial score (nSPS) is 15.3. The lowest BCUT2D eigenvalue weighted by atomic mass is 10.1. The quantitative estimate of drug-likeness (QED) is 0.831. The zero-order valence-corrected chi connectivity index (χ0v) is 9.41. The Balaban J connectivity index is 2.07. The van der Waals surface area contributed by atoms with E-state index in [-0.39, 0.29) is 0 Å². The molecule has 0 saturated heterocycles. The summed E-state index contributed by atoms with van der Waals surface area (Å²) in [5.41, 5.74) is 3.87. The Kier molecular flexibility index (Phi) is 2.36. The zero-order valence-electron chi connectivity index (χ0n) is 8.65. The summed E-state index contributed by atoms with van der Waals surface area (Å²) >= 11 is 5.99. The van der Waals surface area contributed by atoms with E-state index in [2.05, 4.69) is 20.2 Å². The van der Waals surface area contributed by atoms with Gasteiger partial charge in [0.2, 0.25) is 0 Å². The summed E-state index contributed by atoms with van der Waals surface area (Å²) in [4.78, 5) is 8.29. The fourth-order valence-corrected chi connectivity index (χ4v) is 2.13. The fourth-order valence-electron chi connectivity index (χ4n) is 1.86. The maximum atomic E-state index is 5.99. The van der Waals surface area contributed by atoms with E-state index in [1.807, 2.05) is 0 Å². The second-order valence-corrected chi connectivity index (χ2v) is 4.23. The minimum absolute atomic E-state index is 0.467. The minimum atomic E-state index is 0.467. The molecule has 0 bridgehead atoms. The first-order valence-electron chi connectivity index (χ1n) is 5.29. The van der Waals surface area contributed by atoms with Crippen LogP contribution < -0.4 is 0 Å². The third kappa shape index (κ3) is 1.59. The molecule has 1 aliphatic carbocycles. The summed E-state index contributed by atoms with van der Waals surface area (Å²) in [6.07, 6.45) is 7.48. The average molecular weight is 235 g/mol. The summed E-state index contributed by atoms with van der Waals surface area (Å²) in [7, 11) is 0. The molecule has 2 aromatic rings. The minimum Gasteiger partial charge on any atom is -0.281 e. The van der Waals surface area contributed by atoms with Gasteiger partial charge in [-0.25, -0.2) is 0 Å². The number of aromatic nitrogens is 4. The predicted molar refractivity (Wildman–Crippen MR) is 61.1 cm³/mol. The van der Waals surface area contributed by atoms with E-state index < -0.39 is 0 Å². The molecule has 2 heterocycles. The first kappa shape index (κ1) is 9.78. The van der Waals surface area contributed by atoms with Crippen molar-refractivity contribution in [3.63, 3.8) is 0 Å². The highest BCUT2D eigenvalue weighted by atomic mass is 35.5. The van der Waals surface area contributed by atoms with E-state index in [0.717, 1.165) is 17.0 Å². The maximum Gasteiger partial charge on any atom is 0.117 e. The molecule has 2 aromatic heterocycles. The van der Waals surface area contributed by atoms with Gasteiger partial charge in [-0.3, -0.25) is 15.1 Å². The number of hydrogen-bond donors (Lipinski definition) is 1. The summed E-state index contributed by atoms with van der Waals surface area (Å²) in [5.74, 6) is 1.08. The Morgan fingerprint density at radius 1 is 1.38 bits per heavy atom. The van der Waals surface area contributed by atoms with Gasteiger partial charge in [0.15, 0.2) is 0 Å². The van der Waals surface area contributed by atoms with Crippen LogP contribution in [-0.4, -0.2) is 20.2 Å². The molecule has 1 aliphatic rings. The molecule has 5 heteroatoms. The Morgan fingerprint density at radius 3 is 2.88 bits per heavy atom. The van der Waals surface area contributed by atoms with E-state index in [0.29, 0.717) is 11.8 Å². The molecule has 0 radical (unpaired) electrons. The molecule has 1 saturated carbocycles. The number of rotatable bonds is 3. The van der Waals surface area contributed by atoms with Crippen molar-refractivity contribution in [1.82, 2.24) is 20.2 Å². The third-order valence-electron chi connectivity index (χ3n) is 2.82. The number of nitrogens with one attached hydrogen (secondary N) is 1. The van der Waals surface area contributed by atoms with E-state index >= 15 is 0 Å². The molecule has 16 heavy (non-hydrogen) atoms. The number of aromatic amines is 1. The van der Waals surface area contributed by atoms with E-state index in [1.54, 1.807) is 18.6 Å². The van der Waals surface area contributed by atoms with Crippen LogP contribution in [-0.2, 0) is 5.88 Å². The monoisotopic (exact) mass is 234 g/mol. The van der Waals surface area contributed by atoms with Crippen LogP contribution in [0, 0.1) is 0 Å². The molecule has 1 N–H and O–H groups in total. The van der Waals surface area contributed by atoms with Gasteiger partial charge < -0.3 is 0 Å². The maximum absolute atomic E-state index is 5.99. The number of halogens is 1. The molecular weight excluding hydrogens is 224 g/mol. The van der Waals surface area contributed by atoms with Gasteiger partial charge in [0.1, 0.15) is 11.4 Å². The highest BCUT2D eigenvalue weighted by molar-refractivity contribution is 6.17. The molecule has 1 fully saturated rings. The van der Waals surface area contributed by atoms with Crippen LogP contribution in [0.4, 0.5) is 0 Å². The van der Waals surface area contributed by atoms with Gasteiger partial charge in [-0.05, 0) is 12.8 Å². The van der Waals surface area contributed by atoms with E-state index in [9.17, 15) is 0 Å². The number of hydrogen-bond acceptors (Lipinski definition) is 3. The van der Waals surface area contributed by atoms with Gasteiger partial charge >= 0.3 is 0 Å². The van der Waals surface area contributed by atoms with Crippen LogP contribution in [0.3, 0.4) is 0 Å². The average Bonchev–Trinajstić information content (AvgIpc) is 3.09. The fraction of sp³-hybridized carbons (Fsp3) is 0.364. The number of alkyl halides is 1. The Hall–Kier alpha value is -1.42. The molecule has 0 aromatic carbocycles. The van der Waals surface area contributed by atoms with Gasteiger partial charge in [-0.2, -0.15) is 5.10 Å². The van der Waals surface area contributed by atoms with Gasteiger partial charge in [0.05, 0.1) is 12.1 Å². The van der Waals surface area contributed by atoms with Gasteiger partial charge in [0, 0.05) is 29.6 Å². The molecule has 4 nitrogen and oxygen atoms in total. The second-order valence-electron chi connectivity index (χ2n) is 3.96. The molecule has 0 unspecified atom stereocenters. The van der Waals surface area contributed by atoms with Crippen molar-refractivity contribution < 1.29 is 0 Å². The standard InChI is InChI=1S/C11H11ClN4/c12-5-8-10(7-1-2-7)15-16-11(8)9-6-13-3-4-14-9/h3-4,6-7H,1-2,5H2,(H,15,16). The van der Waals surface area contributed by atoms with Crippen LogP contribution >= 0.6 is 11.6 Å². The van der Waals surface area contributed by atoms with Crippen LogP contribution in [0.15, 0.2) is 18.6 Å². The smallest absolute Gasteiger partial charge is 0.117 e. The molecule has 0 spiro atoms. The topological polar surface area (TPSA) is 54.5 Å². The van der Waals surface area contributed by atoms with E-state index in [4.69, 9.17) is 11.6 Å². The number of H-pyrrole nitrogens is 1. The third-order valence-corrected chi connectivity index (χ3v) is 3.09. The van der Waals surface area contributed by atoms with Crippen molar-refractivity contribution in [2.75, 3.05) is 0 Å². The summed E-state index contributed by atoms with van der Waals surface area (Å²) < 4.78 is 0. The summed E-state index contributed by atoms with van der Waals surface area (Å²) in [6.45, 7) is 0. The highest BCUT2D eigenvalue weighted by Gasteiger charge is 2.29. The van der Waals surface area contributed by atoms with Crippen molar-refractivity contribution in [1.29, 1.82) is 0 Å². The summed E-state index contributed by atoms with van der Waals surface area (Å²) in [5, 5.41) is 7.39. The van der Waals surface area contributed by atoms with Gasteiger partial charge in [0.25, 0.3) is 0 Å². The van der Waals surface area contributed by atoms with Crippen molar-refractivity contribution in [2.45, 2.75) is 24.6 Å². The first-order chi connectivity index (χ1) is 7.90. The SMILES string of the molecule is ClCc1c(-c2cnccn2)n[nH]c1C1CC1. The predicted octanol–water partition coefficient (Wildman–Crippen LogP) is 2.48. The van der Waals surface area contributed by atoms with Gasteiger partial charge in [-0.15, -0.1) is 11.6 Å². The largest absolute Gasteiger partial charge is 0.281 e. The summed E-state index contributed by atoms with van der Waals surface area (Å²) in [6, 6.07) is 0. The Morgan fingerprint density at radius 2 is 2.25 bits per heavy atom. The molecule has 0 amide bonds. The number of nitrogens with zero attached hydrogens (tertiary/aromatic N) is 3. The van der Waals surface area contributed by atoms with Crippen molar-refractivity contribution in [3.8, 4) is 11.4 Å².